The molecule has 2 aromatic heterocycles. The highest BCUT2D eigenvalue weighted by Crippen LogP contribution is 2.34. The van der Waals surface area contributed by atoms with E-state index in [0.717, 1.165) is 24.4 Å². The molecule has 4 N–H and O–H groups in total. The first-order valence-electron chi connectivity index (χ1n) is 7.49. The molecule has 1 aliphatic carbocycles. The molecule has 6 heteroatoms. The highest BCUT2D eigenvalue weighted by atomic mass is 15.2. The molecule has 0 atom stereocenters. The lowest BCUT2D eigenvalue weighted by Gasteiger charge is -2.21. The van der Waals surface area contributed by atoms with Gasteiger partial charge in [-0.2, -0.15) is 9.97 Å². The van der Waals surface area contributed by atoms with Gasteiger partial charge in [-0.3, -0.25) is 0 Å². The number of nitrogens with zero attached hydrogens (tertiary/aromatic N) is 4. The van der Waals surface area contributed by atoms with Crippen LogP contribution in [-0.4, -0.2) is 19.5 Å². The lowest BCUT2D eigenvalue weighted by Crippen LogP contribution is -2.12. The van der Waals surface area contributed by atoms with Crippen LogP contribution in [0.3, 0.4) is 0 Å². The molecule has 1 aliphatic rings. The van der Waals surface area contributed by atoms with Crippen molar-refractivity contribution in [3.63, 3.8) is 0 Å². The monoisotopic (exact) mass is 274 g/mol. The molecule has 20 heavy (non-hydrogen) atoms. The average Bonchev–Trinajstić information content (AvgIpc) is 2.80. The number of rotatable bonds is 3. The van der Waals surface area contributed by atoms with Gasteiger partial charge in [0.05, 0.1) is 0 Å². The molecule has 0 aliphatic heterocycles. The Kier molecular flexibility index (Phi) is 3.46. The van der Waals surface area contributed by atoms with Crippen molar-refractivity contribution in [2.24, 2.45) is 0 Å². The number of aryl methyl sites for hydroxylation is 1. The van der Waals surface area contributed by atoms with Crippen LogP contribution in [0.5, 0.6) is 0 Å². The standard InChI is InChI=1S/C14H22N6/c1-2-8-20-12(9-6-4-3-5-7-9)17-10-11(15)18-14(16)19-13(10)20/h9H,2-8H2,1H3,(H4,15,16,18,19). The van der Waals surface area contributed by atoms with Crippen LogP contribution < -0.4 is 11.5 Å². The van der Waals surface area contributed by atoms with Crippen LogP contribution in [0.2, 0.25) is 0 Å². The number of hydrogen-bond donors (Lipinski definition) is 2. The van der Waals surface area contributed by atoms with E-state index in [-0.39, 0.29) is 5.95 Å². The minimum atomic E-state index is 0.224. The third kappa shape index (κ3) is 2.19. The molecule has 0 radical (unpaired) electrons. The van der Waals surface area contributed by atoms with Gasteiger partial charge in [0.1, 0.15) is 5.82 Å². The molecule has 0 aromatic carbocycles. The number of hydrogen-bond acceptors (Lipinski definition) is 5. The Bertz CT molecular complexity index is 612. The minimum Gasteiger partial charge on any atom is -0.382 e. The lowest BCUT2D eigenvalue weighted by molar-refractivity contribution is 0.416. The van der Waals surface area contributed by atoms with Crippen molar-refractivity contribution >= 4 is 22.9 Å². The van der Waals surface area contributed by atoms with Gasteiger partial charge in [-0.25, -0.2) is 4.98 Å². The van der Waals surface area contributed by atoms with Crippen LogP contribution in [0.25, 0.3) is 11.2 Å². The van der Waals surface area contributed by atoms with E-state index >= 15 is 0 Å². The number of anilines is 2. The fourth-order valence-corrected chi connectivity index (χ4v) is 3.17. The molecule has 108 valence electrons. The molecule has 2 aromatic rings. The first kappa shape index (κ1) is 13.1. The Labute approximate surface area is 118 Å². The average molecular weight is 274 g/mol. The van der Waals surface area contributed by atoms with E-state index in [9.17, 15) is 0 Å². The Morgan fingerprint density at radius 1 is 1.10 bits per heavy atom. The Balaban J connectivity index is 2.14. The third-order valence-electron chi connectivity index (χ3n) is 4.09. The minimum absolute atomic E-state index is 0.224. The van der Waals surface area contributed by atoms with Gasteiger partial charge in [0.15, 0.2) is 17.0 Å². The topological polar surface area (TPSA) is 95.6 Å². The van der Waals surface area contributed by atoms with Crippen molar-refractivity contribution in [3.8, 4) is 0 Å². The Hall–Kier alpha value is -1.85. The van der Waals surface area contributed by atoms with Gasteiger partial charge >= 0.3 is 0 Å². The van der Waals surface area contributed by atoms with Crippen LogP contribution in [0.15, 0.2) is 0 Å². The summed E-state index contributed by atoms with van der Waals surface area (Å²) in [6, 6.07) is 0. The molecule has 1 fully saturated rings. The molecular weight excluding hydrogens is 252 g/mol. The lowest BCUT2D eigenvalue weighted by atomic mass is 9.88. The van der Waals surface area contributed by atoms with Crippen LogP contribution in [0.1, 0.15) is 57.2 Å². The summed E-state index contributed by atoms with van der Waals surface area (Å²) in [5, 5.41) is 0. The van der Waals surface area contributed by atoms with Gasteiger partial charge in [-0.15, -0.1) is 0 Å². The number of fused-ring (bicyclic) bond motifs is 1. The zero-order chi connectivity index (χ0) is 14.1. The van der Waals surface area contributed by atoms with E-state index in [1.54, 1.807) is 0 Å². The molecule has 6 nitrogen and oxygen atoms in total. The van der Waals surface area contributed by atoms with Crippen molar-refractivity contribution in [1.29, 1.82) is 0 Å². The summed E-state index contributed by atoms with van der Waals surface area (Å²) in [7, 11) is 0. The van der Waals surface area contributed by atoms with E-state index in [0.29, 0.717) is 17.3 Å². The van der Waals surface area contributed by atoms with Crippen molar-refractivity contribution in [2.75, 3.05) is 11.5 Å². The van der Waals surface area contributed by atoms with E-state index in [4.69, 9.17) is 16.5 Å². The van der Waals surface area contributed by atoms with Gasteiger partial charge in [0, 0.05) is 12.5 Å². The number of imidazole rings is 1. The maximum atomic E-state index is 5.96. The van der Waals surface area contributed by atoms with Gasteiger partial charge in [-0.1, -0.05) is 26.2 Å². The van der Waals surface area contributed by atoms with Crippen LogP contribution >= 0.6 is 0 Å². The van der Waals surface area contributed by atoms with E-state index in [1.165, 1.54) is 32.1 Å². The summed E-state index contributed by atoms with van der Waals surface area (Å²) >= 11 is 0. The molecule has 0 bridgehead atoms. The van der Waals surface area contributed by atoms with Crippen LogP contribution in [0.4, 0.5) is 11.8 Å². The second kappa shape index (κ2) is 5.26. The molecule has 0 unspecified atom stereocenters. The van der Waals surface area contributed by atoms with E-state index < -0.39 is 0 Å². The SMILES string of the molecule is CCCn1c(C2CCCCC2)nc2c(N)nc(N)nc21. The van der Waals surface area contributed by atoms with Gasteiger partial charge < -0.3 is 16.0 Å². The first-order chi connectivity index (χ1) is 9.70. The Morgan fingerprint density at radius 2 is 1.85 bits per heavy atom. The predicted molar refractivity (Wildman–Crippen MR) is 80.3 cm³/mol. The smallest absolute Gasteiger partial charge is 0.224 e. The second-order valence-electron chi connectivity index (χ2n) is 5.60. The van der Waals surface area contributed by atoms with Gasteiger partial charge in [0.2, 0.25) is 5.95 Å². The summed E-state index contributed by atoms with van der Waals surface area (Å²) in [5.74, 6) is 2.25. The predicted octanol–water partition coefficient (Wildman–Crippen LogP) is 2.45. The van der Waals surface area contributed by atoms with E-state index in [2.05, 4.69) is 21.5 Å². The summed E-state index contributed by atoms with van der Waals surface area (Å²) in [6.07, 6.45) is 7.34. The summed E-state index contributed by atoms with van der Waals surface area (Å²) < 4.78 is 2.19. The maximum Gasteiger partial charge on any atom is 0.224 e. The Morgan fingerprint density at radius 3 is 2.55 bits per heavy atom. The fourth-order valence-electron chi connectivity index (χ4n) is 3.17. The molecule has 3 rings (SSSR count). The molecule has 2 heterocycles. The first-order valence-corrected chi connectivity index (χ1v) is 7.49. The van der Waals surface area contributed by atoms with Crippen LogP contribution in [0, 0.1) is 0 Å². The number of nitrogens with two attached hydrogens (primary N) is 2. The third-order valence-corrected chi connectivity index (χ3v) is 4.09. The summed E-state index contributed by atoms with van der Waals surface area (Å²) in [6.45, 7) is 3.06. The zero-order valence-electron chi connectivity index (χ0n) is 12.0. The maximum absolute atomic E-state index is 5.96. The van der Waals surface area contributed by atoms with Crippen molar-refractivity contribution in [2.45, 2.75) is 57.9 Å². The van der Waals surface area contributed by atoms with Crippen molar-refractivity contribution in [3.05, 3.63) is 5.82 Å². The quantitative estimate of drug-likeness (QED) is 0.896. The highest BCUT2D eigenvalue weighted by Gasteiger charge is 2.24. The summed E-state index contributed by atoms with van der Waals surface area (Å²) in [5.41, 5.74) is 13.2. The highest BCUT2D eigenvalue weighted by molar-refractivity contribution is 5.83. The summed E-state index contributed by atoms with van der Waals surface area (Å²) in [4.78, 5) is 13.1. The van der Waals surface area contributed by atoms with Gasteiger partial charge in [-0.05, 0) is 19.3 Å². The normalized spacial score (nSPS) is 16.9. The van der Waals surface area contributed by atoms with Gasteiger partial charge in [0.25, 0.3) is 0 Å². The van der Waals surface area contributed by atoms with Crippen molar-refractivity contribution in [1.82, 2.24) is 19.5 Å². The second-order valence-corrected chi connectivity index (χ2v) is 5.60. The largest absolute Gasteiger partial charge is 0.382 e. The zero-order valence-corrected chi connectivity index (χ0v) is 12.0. The fraction of sp³-hybridized carbons (Fsp3) is 0.643. The molecule has 0 spiro atoms. The molecule has 0 saturated heterocycles. The van der Waals surface area contributed by atoms with E-state index in [1.807, 2.05) is 0 Å². The molecule has 0 amide bonds. The molecular formula is C14H22N6. The number of nitrogen functional groups attached to an aromatic ring is 2. The van der Waals surface area contributed by atoms with Crippen LogP contribution in [-0.2, 0) is 6.54 Å². The molecule has 1 saturated carbocycles. The number of aromatic nitrogens is 4. The van der Waals surface area contributed by atoms with Crippen molar-refractivity contribution < 1.29 is 0 Å².